The molecule has 0 saturated heterocycles. The van der Waals surface area contributed by atoms with Crippen molar-refractivity contribution in [3.05, 3.63) is 27.8 Å². The molecule has 1 aromatic rings. The summed E-state index contributed by atoms with van der Waals surface area (Å²) >= 11 is 3.85. The Bertz CT molecular complexity index is 165. The summed E-state index contributed by atoms with van der Waals surface area (Å²) in [6.07, 6.45) is 0. The number of benzene rings is 1. The van der Waals surface area contributed by atoms with Gasteiger partial charge in [0.2, 0.25) is 0 Å². The van der Waals surface area contributed by atoms with Gasteiger partial charge >= 0.3 is 76.5 Å². The second-order valence-corrected chi connectivity index (χ2v) is 4.18. The van der Waals surface area contributed by atoms with Gasteiger partial charge in [0.15, 0.2) is 0 Å². The molecule has 0 nitrogen and oxygen atoms in total. The van der Waals surface area contributed by atoms with Gasteiger partial charge in [0.1, 0.15) is 0 Å². The number of hydrogen-bond donors (Lipinski definition) is 0. The molecule has 0 atom stereocenters. The van der Waals surface area contributed by atoms with Crippen molar-refractivity contribution in [2.45, 2.75) is 0 Å². The van der Waals surface area contributed by atoms with Crippen LogP contribution >= 0.6 is 22.6 Å². The number of hydrogen-bond acceptors (Lipinski definition) is 0. The average Bonchev–Trinajstić information content (AvgIpc) is 1.77. The summed E-state index contributed by atoms with van der Waals surface area (Å²) in [6, 6.07) is 8.42. The molecule has 3 radical (unpaired) electrons. The third-order valence-corrected chi connectivity index (χ3v) is 4.51. The Kier molecular flexibility index (Phi) is 2.62. The van der Waals surface area contributed by atoms with Crippen molar-refractivity contribution < 1.29 is 0 Å². The Balaban J connectivity index is 3.13. The summed E-state index contributed by atoms with van der Waals surface area (Å²) in [5.74, 6) is 0. The Labute approximate surface area is 75.9 Å². The third-order valence-electron chi connectivity index (χ3n) is 0.874. The minimum atomic E-state index is 1.38. The van der Waals surface area contributed by atoms with Crippen LogP contribution in [0, 0.1) is 3.57 Å². The quantitative estimate of drug-likeness (QED) is 0.496. The fraction of sp³-hybridized carbons (Fsp3) is 0. The van der Waals surface area contributed by atoms with Crippen LogP contribution in [0.3, 0.4) is 0 Å². The van der Waals surface area contributed by atoms with Crippen molar-refractivity contribution in [2.75, 3.05) is 0 Å². The van der Waals surface area contributed by atoms with Crippen LogP contribution in [0.15, 0.2) is 24.3 Å². The molecule has 0 aliphatic carbocycles. The summed E-state index contributed by atoms with van der Waals surface area (Å²) < 4.78 is 2.82. The SMILES string of the molecule is [Sn][c]1ccccc1I. The molecular weight excluding hydrogens is 318 g/mol. The molecule has 0 unspecified atom stereocenters. The zero-order valence-corrected chi connectivity index (χ0v) is 9.20. The van der Waals surface area contributed by atoms with Crippen molar-refractivity contribution in [2.24, 2.45) is 0 Å². The van der Waals surface area contributed by atoms with E-state index in [0.717, 1.165) is 0 Å². The molecule has 0 N–H and O–H groups in total. The molecule has 39 valence electrons. The molecule has 0 saturated carbocycles. The molecule has 0 aliphatic heterocycles. The van der Waals surface area contributed by atoms with E-state index >= 15 is 0 Å². The number of halogens is 1. The molecule has 0 amide bonds. The van der Waals surface area contributed by atoms with Crippen LogP contribution in [0.4, 0.5) is 0 Å². The van der Waals surface area contributed by atoms with Crippen molar-refractivity contribution in [3.8, 4) is 0 Å². The Morgan fingerprint density at radius 3 is 2.25 bits per heavy atom. The molecule has 0 aliphatic rings. The van der Waals surface area contributed by atoms with E-state index in [-0.39, 0.29) is 0 Å². The number of rotatable bonds is 0. The second-order valence-electron chi connectivity index (χ2n) is 1.48. The molecule has 8 heavy (non-hydrogen) atoms. The minimum absolute atomic E-state index is 1.38. The van der Waals surface area contributed by atoms with E-state index in [4.69, 9.17) is 0 Å². The van der Waals surface area contributed by atoms with Gasteiger partial charge in [0.05, 0.1) is 0 Å². The maximum atomic E-state index is 2.35. The van der Waals surface area contributed by atoms with Crippen LogP contribution < -0.4 is 3.58 Å². The summed E-state index contributed by atoms with van der Waals surface area (Å²) in [5, 5.41) is 0. The van der Waals surface area contributed by atoms with Crippen molar-refractivity contribution in [3.63, 3.8) is 0 Å². The summed E-state index contributed by atoms with van der Waals surface area (Å²) in [6.45, 7) is 0. The van der Waals surface area contributed by atoms with Gasteiger partial charge < -0.3 is 0 Å². The molecule has 1 aromatic carbocycles. The fourth-order valence-corrected chi connectivity index (χ4v) is 1.36. The van der Waals surface area contributed by atoms with Gasteiger partial charge in [-0.2, -0.15) is 0 Å². The van der Waals surface area contributed by atoms with Gasteiger partial charge in [-0.1, -0.05) is 0 Å². The van der Waals surface area contributed by atoms with Crippen molar-refractivity contribution >= 4 is 48.7 Å². The van der Waals surface area contributed by atoms with E-state index in [1.807, 2.05) is 0 Å². The first-order chi connectivity index (χ1) is 3.80. The standard InChI is InChI=1S/C6H4I.Sn/c7-6-4-2-1-3-5-6;/h1-4H;. The van der Waals surface area contributed by atoms with Crippen LogP contribution in [-0.2, 0) is 0 Å². The van der Waals surface area contributed by atoms with Crippen molar-refractivity contribution in [1.29, 1.82) is 0 Å². The van der Waals surface area contributed by atoms with Gasteiger partial charge in [0.25, 0.3) is 0 Å². The molecule has 1 rings (SSSR count). The van der Waals surface area contributed by atoms with Crippen LogP contribution in [0.1, 0.15) is 0 Å². The monoisotopic (exact) mass is 323 g/mol. The molecule has 0 bridgehead atoms. The summed E-state index contributed by atoms with van der Waals surface area (Å²) in [7, 11) is 0. The summed E-state index contributed by atoms with van der Waals surface area (Å²) in [5.41, 5.74) is 0. The van der Waals surface area contributed by atoms with E-state index in [1.165, 1.54) is 29.7 Å². The van der Waals surface area contributed by atoms with Crippen LogP contribution in [0.5, 0.6) is 0 Å². The Morgan fingerprint density at radius 1 is 1.25 bits per heavy atom. The second kappa shape index (κ2) is 3.05. The molecule has 2 heteroatoms. The van der Waals surface area contributed by atoms with Crippen LogP contribution in [0.2, 0.25) is 0 Å². The first kappa shape index (κ1) is 6.86. The predicted octanol–water partition coefficient (Wildman–Crippen LogP) is 1.08. The maximum absolute atomic E-state index is 2.35. The topological polar surface area (TPSA) is 0 Å². The molecule has 0 spiro atoms. The molecule has 0 fully saturated rings. The fourth-order valence-electron chi connectivity index (χ4n) is 0.461. The van der Waals surface area contributed by atoms with E-state index in [2.05, 4.69) is 46.9 Å². The summed E-state index contributed by atoms with van der Waals surface area (Å²) in [4.78, 5) is 0. The average molecular weight is 322 g/mol. The van der Waals surface area contributed by atoms with Crippen LogP contribution in [0.25, 0.3) is 0 Å². The van der Waals surface area contributed by atoms with Gasteiger partial charge in [-0.15, -0.1) is 0 Å². The third kappa shape index (κ3) is 1.62. The zero-order chi connectivity index (χ0) is 5.98. The van der Waals surface area contributed by atoms with Gasteiger partial charge in [-0.25, -0.2) is 0 Å². The molecule has 0 aromatic heterocycles. The van der Waals surface area contributed by atoms with E-state index in [1.54, 1.807) is 0 Å². The molecule has 0 heterocycles. The Hall–Kier alpha value is 0.749. The first-order valence-corrected chi connectivity index (χ1v) is 4.77. The van der Waals surface area contributed by atoms with E-state index < -0.39 is 0 Å². The predicted molar refractivity (Wildman–Crippen MR) is 44.5 cm³/mol. The van der Waals surface area contributed by atoms with Gasteiger partial charge in [-0.3, -0.25) is 0 Å². The van der Waals surface area contributed by atoms with Gasteiger partial charge in [0, 0.05) is 0 Å². The normalized spacial score (nSPS) is 9.25. The van der Waals surface area contributed by atoms with Gasteiger partial charge in [-0.05, 0) is 0 Å². The first-order valence-electron chi connectivity index (χ1n) is 2.27. The van der Waals surface area contributed by atoms with E-state index in [9.17, 15) is 0 Å². The Morgan fingerprint density at radius 2 is 1.88 bits per heavy atom. The van der Waals surface area contributed by atoms with Crippen molar-refractivity contribution in [1.82, 2.24) is 0 Å². The van der Waals surface area contributed by atoms with E-state index in [0.29, 0.717) is 0 Å². The zero-order valence-electron chi connectivity index (χ0n) is 4.19. The van der Waals surface area contributed by atoms with Crippen LogP contribution in [-0.4, -0.2) is 22.5 Å². The molecular formula is C6H4ISn.